The first-order valence-electron chi connectivity index (χ1n) is 7.92. The summed E-state index contributed by atoms with van der Waals surface area (Å²) in [4.78, 5) is 0. The molecule has 6 aliphatic rings. The van der Waals surface area contributed by atoms with Gasteiger partial charge in [-0.3, -0.25) is 0 Å². The van der Waals surface area contributed by atoms with Crippen LogP contribution >= 0.6 is 0 Å². The Morgan fingerprint density at radius 1 is 0.800 bits per heavy atom. The lowest BCUT2D eigenvalue weighted by Crippen LogP contribution is -3.14. The third kappa shape index (κ3) is 1.16. The fourth-order valence-electron chi connectivity index (χ4n) is 6.37. The minimum atomic E-state index is 0. The summed E-state index contributed by atoms with van der Waals surface area (Å²) < 4.78 is 0. The van der Waals surface area contributed by atoms with Gasteiger partial charge in [-0.25, -0.2) is 15.0 Å². The summed E-state index contributed by atoms with van der Waals surface area (Å²) in [7, 11) is 0. The van der Waals surface area contributed by atoms with Crippen molar-refractivity contribution in [2.75, 3.05) is 19.6 Å². The van der Waals surface area contributed by atoms with Gasteiger partial charge < -0.3 is 12.4 Å². The highest BCUT2D eigenvalue weighted by Gasteiger charge is 2.71. The van der Waals surface area contributed by atoms with Crippen molar-refractivity contribution in [1.82, 2.24) is 15.0 Å². The van der Waals surface area contributed by atoms with Crippen molar-refractivity contribution in [2.45, 2.75) is 37.0 Å². The molecule has 2 saturated heterocycles. The van der Waals surface area contributed by atoms with E-state index in [0.717, 1.165) is 49.1 Å². The second kappa shape index (κ2) is 3.87. The van der Waals surface area contributed by atoms with E-state index in [0.29, 0.717) is 0 Å². The molecule has 2 aliphatic carbocycles. The number of nitrogens with zero attached hydrogens (tertiary/aromatic N) is 3. The number of halogens is 1. The van der Waals surface area contributed by atoms with Crippen LogP contribution in [-0.2, 0) is 0 Å². The van der Waals surface area contributed by atoms with Gasteiger partial charge in [-0.05, 0) is 12.5 Å². The molecule has 5 heteroatoms. The maximum absolute atomic E-state index is 2.74. The molecule has 4 nitrogen and oxygen atoms in total. The minimum absolute atomic E-state index is 0. The van der Waals surface area contributed by atoms with Crippen LogP contribution in [0.25, 0.3) is 0 Å². The van der Waals surface area contributed by atoms with E-state index < -0.39 is 0 Å². The predicted molar refractivity (Wildman–Crippen MR) is 70.7 cm³/mol. The van der Waals surface area contributed by atoms with Crippen LogP contribution in [0.1, 0.15) is 12.8 Å². The maximum atomic E-state index is 2.74. The summed E-state index contributed by atoms with van der Waals surface area (Å²) in [5, 5.41) is 9.87. The highest BCUT2D eigenvalue weighted by Crippen LogP contribution is 2.55. The van der Waals surface area contributed by atoms with Crippen LogP contribution in [0.2, 0.25) is 0 Å². The Bertz CT molecular complexity index is 506. The van der Waals surface area contributed by atoms with Crippen molar-refractivity contribution in [3.05, 3.63) is 24.4 Å². The fourth-order valence-corrected chi connectivity index (χ4v) is 6.37. The first-order chi connectivity index (χ1) is 9.43. The van der Waals surface area contributed by atoms with Crippen molar-refractivity contribution < 1.29 is 17.4 Å². The van der Waals surface area contributed by atoms with Crippen LogP contribution in [0.3, 0.4) is 0 Å². The van der Waals surface area contributed by atoms with E-state index in [1.165, 1.54) is 19.4 Å². The SMILES string of the molecule is C1=CCN2[C@H]3C[C@@H]4[C@@H]5[C@H]3[C@@H](C[C@@H]5N3CC=C[NH+]43)N2C1.[Cl-]. The monoisotopic (exact) mass is 292 g/mol. The topological polar surface area (TPSA) is 14.2 Å². The summed E-state index contributed by atoms with van der Waals surface area (Å²) in [6.45, 7) is 3.52. The van der Waals surface area contributed by atoms with E-state index in [4.69, 9.17) is 0 Å². The lowest BCUT2D eigenvalue weighted by molar-refractivity contribution is -0.973. The van der Waals surface area contributed by atoms with Gasteiger partial charge in [0.25, 0.3) is 0 Å². The molecule has 2 saturated carbocycles. The van der Waals surface area contributed by atoms with Crippen LogP contribution in [0.5, 0.6) is 0 Å². The van der Waals surface area contributed by atoms with Crippen LogP contribution in [-0.4, -0.2) is 58.8 Å². The molecular weight excluding hydrogens is 272 g/mol. The summed E-state index contributed by atoms with van der Waals surface area (Å²) in [5.41, 5.74) is 0. The number of hydrazine groups is 1. The minimum Gasteiger partial charge on any atom is -1.00 e. The fraction of sp³-hybridized carbons (Fsp3) is 0.733. The van der Waals surface area contributed by atoms with Crippen LogP contribution in [0.15, 0.2) is 24.4 Å². The van der Waals surface area contributed by atoms with Gasteiger partial charge in [0.15, 0.2) is 0 Å². The Morgan fingerprint density at radius 2 is 1.55 bits per heavy atom. The third-order valence-electron chi connectivity index (χ3n) is 6.77. The van der Waals surface area contributed by atoms with E-state index in [-0.39, 0.29) is 12.4 Å². The standard InChI is InChI=1S/C15H20N4.ClH/c1-2-5-17-11-9-13-15-12(18-6-3-7-19(13)18)8-10(14(11)15)16(17)4-1;/h1-3,6,10-15H,4-5,7-9H2;1H/t10-,11+,12+,13-,14+,15-;/m0./s1. The third-order valence-corrected chi connectivity index (χ3v) is 6.77. The van der Waals surface area contributed by atoms with Gasteiger partial charge in [-0.15, -0.1) is 5.01 Å². The van der Waals surface area contributed by atoms with Crippen LogP contribution in [0, 0.1) is 11.8 Å². The van der Waals surface area contributed by atoms with Crippen molar-refractivity contribution in [2.24, 2.45) is 11.8 Å². The van der Waals surface area contributed by atoms with Gasteiger partial charge in [0.05, 0.1) is 12.6 Å². The van der Waals surface area contributed by atoms with Gasteiger partial charge in [0.2, 0.25) is 0 Å². The molecular formula is C15H21ClN4. The number of rotatable bonds is 0. The first kappa shape index (κ1) is 12.2. The van der Waals surface area contributed by atoms with Gasteiger partial charge in [-0.1, -0.05) is 12.2 Å². The molecule has 0 amide bonds. The zero-order valence-electron chi connectivity index (χ0n) is 11.5. The van der Waals surface area contributed by atoms with E-state index in [9.17, 15) is 0 Å². The Morgan fingerprint density at radius 3 is 2.35 bits per heavy atom. The number of hydrogen-bond acceptors (Lipinski definition) is 3. The quantitative estimate of drug-likeness (QED) is 0.462. The van der Waals surface area contributed by atoms with Crippen LogP contribution in [0.4, 0.5) is 0 Å². The molecule has 7 atom stereocenters. The Balaban J connectivity index is 0.000000960. The molecule has 4 aliphatic heterocycles. The van der Waals surface area contributed by atoms with Crippen molar-refractivity contribution in [3.63, 3.8) is 0 Å². The molecule has 0 spiro atoms. The van der Waals surface area contributed by atoms with Gasteiger partial charge in [0.1, 0.15) is 12.2 Å². The molecule has 4 fully saturated rings. The number of quaternary nitrogens is 1. The van der Waals surface area contributed by atoms with E-state index >= 15 is 0 Å². The average Bonchev–Trinajstić information content (AvgIpc) is 3.17. The van der Waals surface area contributed by atoms with Gasteiger partial charge in [0, 0.05) is 43.4 Å². The Kier molecular flexibility index (Phi) is 2.36. The molecule has 1 N–H and O–H groups in total. The highest BCUT2D eigenvalue weighted by molar-refractivity contribution is 5.19. The zero-order chi connectivity index (χ0) is 12.1. The van der Waals surface area contributed by atoms with E-state index in [2.05, 4.69) is 39.5 Å². The number of nitrogens with one attached hydrogen (secondary N) is 1. The molecule has 0 aromatic rings. The smallest absolute Gasteiger partial charge is 0.116 e. The molecule has 0 bridgehead atoms. The second-order valence-corrected chi connectivity index (χ2v) is 7.13. The lowest BCUT2D eigenvalue weighted by atomic mass is 9.93. The van der Waals surface area contributed by atoms with E-state index in [1.54, 1.807) is 5.01 Å². The van der Waals surface area contributed by atoms with E-state index in [1.807, 2.05) is 0 Å². The highest BCUT2D eigenvalue weighted by atomic mass is 35.5. The Hall–Kier alpha value is -0.390. The largest absolute Gasteiger partial charge is 1.00 e. The molecule has 0 aromatic heterocycles. The summed E-state index contributed by atoms with van der Waals surface area (Å²) in [6, 6.07) is 3.44. The Labute approximate surface area is 126 Å². The number of hydrogen-bond donors (Lipinski definition) is 1. The first-order valence-corrected chi connectivity index (χ1v) is 7.92. The molecule has 108 valence electrons. The van der Waals surface area contributed by atoms with Crippen molar-refractivity contribution in [1.29, 1.82) is 0 Å². The number of fused-ring (bicyclic) bond motifs is 6. The maximum Gasteiger partial charge on any atom is 0.116 e. The zero-order valence-corrected chi connectivity index (χ0v) is 12.3. The molecule has 6 rings (SSSR count). The predicted octanol–water partition coefficient (Wildman–Crippen LogP) is -3.75. The molecule has 0 aromatic carbocycles. The summed E-state index contributed by atoms with van der Waals surface area (Å²) in [6.07, 6.45) is 12.4. The van der Waals surface area contributed by atoms with Gasteiger partial charge in [-0.2, -0.15) is 0 Å². The second-order valence-electron chi connectivity index (χ2n) is 7.13. The van der Waals surface area contributed by atoms with Crippen molar-refractivity contribution >= 4 is 0 Å². The summed E-state index contributed by atoms with van der Waals surface area (Å²) >= 11 is 0. The molecule has 4 heterocycles. The lowest BCUT2D eigenvalue weighted by Gasteiger charge is -2.37. The van der Waals surface area contributed by atoms with Gasteiger partial charge >= 0.3 is 0 Å². The summed E-state index contributed by atoms with van der Waals surface area (Å²) in [5.74, 6) is 1.93. The average molecular weight is 293 g/mol. The normalized spacial score (nSPS) is 55.1. The molecule has 1 unspecified atom stereocenters. The molecule has 0 radical (unpaired) electrons. The van der Waals surface area contributed by atoms with Crippen LogP contribution < -0.4 is 17.4 Å². The van der Waals surface area contributed by atoms with Crippen molar-refractivity contribution in [3.8, 4) is 0 Å². The molecule has 20 heavy (non-hydrogen) atoms.